The first-order valence-corrected chi connectivity index (χ1v) is 6.69. The van der Waals surface area contributed by atoms with Crippen molar-refractivity contribution < 1.29 is 9.53 Å². The Morgan fingerprint density at radius 3 is 2.29 bits per heavy atom. The highest BCUT2D eigenvalue weighted by Gasteiger charge is 2.38. The maximum Gasteiger partial charge on any atom is 0.159 e. The Balaban J connectivity index is 2.94. The van der Waals surface area contributed by atoms with E-state index in [-0.39, 0.29) is 17.9 Å². The molecule has 0 N–H and O–H groups in total. The molecule has 0 aliphatic carbocycles. The topological polar surface area (TPSA) is 29.5 Å². The van der Waals surface area contributed by atoms with Gasteiger partial charge >= 0.3 is 0 Å². The standard InChI is InChI=1S/C14H25NO2/c1-6-9-12-13(10(4)16)11(5)17-14(12)15(7-2)8-3/h12,14H,6-9H2,1-5H3. The van der Waals surface area contributed by atoms with Gasteiger partial charge in [-0.15, -0.1) is 0 Å². The molecule has 3 nitrogen and oxygen atoms in total. The van der Waals surface area contributed by atoms with Crippen molar-refractivity contribution >= 4 is 5.78 Å². The summed E-state index contributed by atoms with van der Waals surface area (Å²) in [5.74, 6) is 1.24. The second kappa shape index (κ2) is 6.20. The van der Waals surface area contributed by atoms with Crippen molar-refractivity contribution in [2.45, 2.75) is 53.7 Å². The van der Waals surface area contributed by atoms with Gasteiger partial charge in [0, 0.05) is 11.5 Å². The first kappa shape index (κ1) is 14.2. The van der Waals surface area contributed by atoms with Gasteiger partial charge in [0.1, 0.15) is 5.76 Å². The van der Waals surface area contributed by atoms with Crippen molar-refractivity contribution in [1.82, 2.24) is 4.90 Å². The van der Waals surface area contributed by atoms with Gasteiger partial charge in [0.25, 0.3) is 0 Å². The van der Waals surface area contributed by atoms with Crippen molar-refractivity contribution in [3.8, 4) is 0 Å². The molecule has 1 heterocycles. The largest absolute Gasteiger partial charge is 0.479 e. The van der Waals surface area contributed by atoms with Crippen molar-refractivity contribution in [2.75, 3.05) is 13.1 Å². The molecule has 1 aliphatic heterocycles. The fourth-order valence-electron chi connectivity index (χ4n) is 2.75. The normalized spacial score (nSPS) is 24.4. The summed E-state index contributed by atoms with van der Waals surface area (Å²) in [6.07, 6.45) is 2.16. The minimum absolute atomic E-state index is 0.0591. The van der Waals surface area contributed by atoms with Gasteiger partial charge in [-0.05, 0) is 33.4 Å². The highest BCUT2D eigenvalue weighted by atomic mass is 16.5. The van der Waals surface area contributed by atoms with E-state index in [0.29, 0.717) is 0 Å². The van der Waals surface area contributed by atoms with E-state index in [9.17, 15) is 4.79 Å². The molecule has 0 fully saturated rings. The third-order valence-electron chi connectivity index (χ3n) is 3.54. The van der Waals surface area contributed by atoms with Crippen LogP contribution in [-0.4, -0.2) is 30.0 Å². The van der Waals surface area contributed by atoms with E-state index in [2.05, 4.69) is 25.7 Å². The number of ketones is 1. The Morgan fingerprint density at radius 2 is 1.88 bits per heavy atom. The van der Waals surface area contributed by atoms with Crippen molar-refractivity contribution in [1.29, 1.82) is 0 Å². The molecule has 17 heavy (non-hydrogen) atoms. The molecule has 2 unspecified atom stereocenters. The van der Waals surface area contributed by atoms with Crippen LogP contribution in [0.4, 0.5) is 0 Å². The van der Waals surface area contributed by atoms with Crippen LogP contribution < -0.4 is 0 Å². The van der Waals surface area contributed by atoms with Crippen LogP contribution in [-0.2, 0) is 9.53 Å². The molecule has 0 aromatic heterocycles. The average molecular weight is 239 g/mol. The summed E-state index contributed by atoms with van der Waals surface area (Å²) in [7, 11) is 0. The zero-order valence-electron chi connectivity index (χ0n) is 11.7. The van der Waals surface area contributed by atoms with E-state index < -0.39 is 0 Å². The van der Waals surface area contributed by atoms with Crippen LogP contribution in [0, 0.1) is 5.92 Å². The molecule has 0 amide bonds. The summed E-state index contributed by atoms with van der Waals surface area (Å²) in [6.45, 7) is 11.9. The summed E-state index contributed by atoms with van der Waals surface area (Å²) >= 11 is 0. The minimum Gasteiger partial charge on any atom is -0.479 e. The molecule has 0 bridgehead atoms. The smallest absolute Gasteiger partial charge is 0.159 e. The predicted octanol–water partition coefficient (Wildman–Crippen LogP) is 2.96. The third kappa shape index (κ3) is 2.89. The molecule has 0 saturated carbocycles. The molecular weight excluding hydrogens is 214 g/mol. The summed E-state index contributed by atoms with van der Waals surface area (Å²) < 4.78 is 5.93. The minimum atomic E-state index is 0.0591. The van der Waals surface area contributed by atoms with Crippen LogP contribution in [0.1, 0.15) is 47.5 Å². The molecule has 0 spiro atoms. The number of allylic oxidation sites excluding steroid dienone is 1. The van der Waals surface area contributed by atoms with E-state index in [4.69, 9.17) is 4.74 Å². The average Bonchev–Trinajstić information content (AvgIpc) is 2.58. The maximum absolute atomic E-state index is 11.7. The van der Waals surface area contributed by atoms with Crippen molar-refractivity contribution in [3.63, 3.8) is 0 Å². The summed E-state index contributed by atoms with van der Waals surface area (Å²) in [6, 6.07) is 0. The molecule has 1 aliphatic rings. The Morgan fingerprint density at radius 1 is 1.29 bits per heavy atom. The Labute approximate surface area is 105 Å². The molecule has 3 heteroatoms. The molecule has 0 saturated heterocycles. The van der Waals surface area contributed by atoms with Gasteiger partial charge < -0.3 is 4.74 Å². The van der Waals surface area contributed by atoms with Crippen LogP contribution in [0.5, 0.6) is 0 Å². The van der Waals surface area contributed by atoms with Gasteiger partial charge in [-0.3, -0.25) is 9.69 Å². The summed E-state index contributed by atoms with van der Waals surface area (Å²) in [5.41, 5.74) is 0.906. The van der Waals surface area contributed by atoms with E-state index in [0.717, 1.165) is 37.3 Å². The number of hydrogen-bond acceptors (Lipinski definition) is 3. The van der Waals surface area contributed by atoms with Crippen LogP contribution in [0.3, 0.4) is 0 Å². The van der Waals surface area contributed by atoms with E-state index >= 15 is 0 Å². The Hall–Kier alpha value is -0.830. The van der Waals surface area contributed by atoms with Gasteiger partial charge in [0.05, 0.1) is 0 Å². The third-order valence-corrected chi connectivity index (χ3v) is 3.54. The number of hydrogen-bond donors (Lipinski definition) is 0. The number of Topliss-reactive ketones (excluding diaryl/α,β-unsaturated/α-hetero) is 1. The van der Waals surface area contributed by atoms with Gasteiger partial charge in [-0.2, -0.15) is 0 Å². The Bertz CT molecular complexity index is 305. The van der Waals surface area contributed by atoms with E-state index in [1.165, 1.54) is 0 Å². The maximum atomic E-state index is 11.7. The number of carbonyl (C=O) groups is 1. The first-order chi connectivity index (χ1) is 8.06. The van der Waals surface area contributed by atoms with Crippen LogP contribution in [0.25, 0.3) is 0 Å². The molecule has 2 atom stereocenters. The predicted molar refractivity (Wildman–Crippen MR) is 69.6 cm³/mol. The van der Waals surface area contributed by atoms with E-state index in [1.54, 1.807) is 6.92 Å². The second-order valence-electron chi connectivity index (χ2n) is 4.65. The number of nitrogens with zero attached hydrogens (tertiary/aromatic N) is 1. The van der Waals surface area contributed by atoms with Crippen LogP contribution in [0.2, 0.25) is 0 Å². The number of carbonyl (C=O) groups excluding carboxylic acids is 1. The van der Waals surface area contributed by atoms with Crippen molar-refractivity contribution in [2.24, 2.45) is 5.92 Å². The molecule has 0 radical (unpaired) electrons. The van der Waals surface area contributed by atoms with Gasteiger partial charge in [-0.1, -0.05) is 27.2 Å². The van der Waals surface area contributed by atoms with E-state index in [1.807, 2.05) is 6.92 Å². The second-order valence-corrected chi connectivity index (χ2v) is 4.65. The highest BCUT2D eigenvalue weighted by Crippen LogP contribution is 2.36. The van der Waals surface area contributed by atoms with Gasteiger partial charge in [-0.25, -0.2) is 0 Å². The van der Waals surface area contributed by atoms with Gasteiger partial charge in [0.15, 0.2) is 12.0 Å². The quantitative estimate of drug-likeness (QED) is 0.713. The summed E-state index contributed by atoms with van der Waals surface area (Å²) in [4.78, 5) is 14.0. The lowest BCUT2D eigenvalue weighted by atomic mass is 9.90. The molecule has 0 aromatic carbocycles. The summed E-state index contributed by atoms with van der Waals surface area (Å²) in [5, 5.41) is 0. The monoisotopic (exact) mass is 239 g/mol. The number of rotatable bonds is 6. The fourth-order valence-corrected chi connectivity index (χ4v) is 2.75. The van der Waals surface area contributed by atoms with Gasteiger partial charge in [0.2, 0.25) is 0 Å². The SMILES string of the molecule is CCCC1C(C(C)=O)=C(C)OC1N(CC)CC. The fraction of sp³-hybridized carbons (Fsp3) is 0.786. The lowest BCUT2D eigenvalue weighted by Crippen LogP contribution is -2.40. The zero-order chi connectivity index (χ0) is 13.0. The lowest BCUT2D eigenvalue weighted by Gasteiger charge is -2.30. The molecule has 0 aromatic rings. The van der Waals surface area contributed by atoms with Crippen molar-refractivity contribution in [3.05, 3.63) is 11.3 Å². The lowest BCUT2D eigenvalue weighted by molar-refractivity contribution is -0.114. The van der Waals surface area contributed by atoms with Crippen LogP contribution >= 0.6 is 0 Å². The molecular formula is C14H25NO2. The number of ether oxygens (including phenoxy) is 1. The molecule has 98 valence electrons. The van der Waals surface area contributed by atoms with Crippen LogP contribution in [0.15, 0.2) is 11.3 Å². The highest BCUT2D eigenvalue weighted by molar-refractivity contribution is 5.94. The molecule has 1 rings (SSSR count). The first-order valence-electron chi connectivity index (χ1n) is 6.69. The zero-order valence-corrected chi connectivity index (χ0v) is 11.7. The Kier molecular flexibility index (Phi) is 5.19.